The number of piperidine rings is 1. The maximum Gasteiger partial charge on any atom is 0.303 e. The highest BCUT2D eigenvalue weighted by Gasteiger charge is 2.26. The van der Waals surface area contributed by atoms with E-state index >= 15 is 0 Å². The molecule has 0 bridgehead atoms. The second kappa shape index (κ2) is 6.74. The Balaban J connectivity index is 2.01. The summed E-state index contributed by atoms with van der Waals surface area (Å²) in [7, 11) is 1.79. The first-order chi connectivity index (χ1) is 10.0. The molecule has 0 spiro atoms. The molecule has 6 nitrogen and oxygen atoms in total. The van der Waals surface area contributed by atoms with E-state index < -0.39 is 5.97 Å². The number of hydrogen-bond donors (Lipinski definition) is 1. The first-order valence-electron chi connectivity index (χ1n) is 7.55. The molecule has 116 valence electrons. The van der Waals surface area contributed by atoms with Gasteiger partial charge in [-0.25, -0.2) is 0 Å². The van der Waals surface area contributed by atoms with Crippen molar-refractivity contribution in [2.24, 2.45) is 13.0 Å². The Hall–Kier alpha value is -1.85. The van der Waals surface area contributed by atoms with Crippen LogP contribution < -0.4 is 0 Å². The number of hydrogen-bond acceptors (Lipinski definition) is 3. The normalized spacial score (nSPS) is 18.8. The minimum absolute atomic E-state index is 0.00438. The van der Waals surface area contributed by atoms with Gasteiger partial charge in [-0.2, -0.15) is 5.10 Å². The monoisotopic (exact) mass is 293 g/mol. The van der Waals surface area contributed by atoms with Crippen LogP contribution in [0.2, 0.25) is 0 Å². The van der Waals surface area contributed by atoms with Crippen LogP contribution in [0.25, 0.3) is 0 Å². The van der Waals surface area contributed by atoms with Crippen molar-refractivity contribution in [3.63, 3.8) is 0 Å². The van der Waals surface area contributed by atoms with Gasteiger partial charge in [0.05, 0.1) is 5.69 Å². The summed E-state index contributed by atoms with van der Waals surface area (Å²) in [5, 5.41) is 13.1. The summed E-state index contributed by atoms with van der Waals surface area (Å²) in [6, 6.07) is 1.85. The second-order valence-electron chi connectivity index (χ2n) is 5.69. The lowest BCUT2D eigenvalue weighted by molar-refractivity contribution is -0.137. The van der Waals surface area contributed by atoms with E-state index in [1.807, 2.05) is 17.9 Å². The number of nitrogens with zero attached hydrogens (tertiary/aromatic N) is 3. The van der Waals surface area contributed by atoms with Crippen molar-refractivity contribution >= 4 is 11.9 Å². The predicted octanol–water partition coefficient (Wildman–Crippen LogP) is 1.70. The van der Waals surface area contributed by atoms with E-state index in [0.717, 1.165) is 31.5 Å². The number of carbonyl (C=O) groups is 2. The standard InChI is InChI=1S/C15H23N3O3/c1-3-12-9-13(17(2)16-12)15(21)18-8-4-5-11(10-18)6-7-14(19)20/h9,11H,3-8,10H2,1-2H3,(H,19,20). The average Bonchev–Trinajstić information content (AvgIpc) is 2.86. The fourth-order valence-electron chi connectivity index (χ4n) is 2.87. The minimum atomic E-state index is -0.766. The number of carbonyl (C=O) groups excluding carboxylic acids is 1. The van der Waals surface area contributed by atoms with Gasteiger partial charge in [-0.1, -0.05) is 6.92 Å². The third-order valence-corrected chi connectivity index (χ3v) is 4.08. The van der Waals surface area contributed by atoms with Gasteiger partial charge in [0.1, 0.15) is 5.69 Å². The molecule has 1 amide bonds. The third-order valence-electron chi connectivity index (χ3n) is 4.08. The van der Waals surface area contributed by atoms with Crippen molar-refractivity contribution in [1.82, 2.24) is 14.7 Å². The Bertz CT molecular complexity index is 524. The first-order valence-corrected chi connectivity index (χ1v) is 7.55. The lowest BCUT2D eigenvalue weighted by Gasteiger charge is -2.32. The average molecular weight is 293 g/mol. The van der Waals surface area contributed by atoms with Gasteiger partial charge in [0.2, 0.25) is 0 Å². The summed E-state index contributed by atoms with van der Waals surface area (Å²) in [6.45, 7) is 3.41. The predicted molar refractivity (Wildman–Crippen MR) is 78.1 cm³/mol. The Morgan fingerprint density at radius 1 is 1.48 bits per heavy atom. The fourth-order valence-corrected chi connectivity index (χ4v) is 2.87. The van der Waals surface area contributed by atoms with Crippen LogP contribution in [0.5, 0.6) is 0 Å². The maximum atomic E-state index is 12.6. The number of aryl methyl sites for hydroxylation is 2. The zero-order valence-electron chi connectivity index (χ0n) is 12.7. The van der Waals surface area contributed by atoms with Gasteiger partial charge >= 0.3 is 5.97 Å². The van der Waals surface area contributed by atoms with Gasteiger partial charge in [0.15, 0.2) is 0 Å². The van der Waals surface area contributed by atoms with Crippen molar-refractivity contribution in [3.05, 3.63) is 17.5 Å². The number of aromatic nitrogens is 2. The summed E-state index contributed by atoms with van der Waals surface area (Å²) >= 11 is 0. The molecule has 1 saturated heterocycles. The van der Waals surface area contributed by atoms with Crippen molar-refractivity contribution in [2.45, 2.75) is 39.0 Å². The smallest absolute Gasteiger partial charge is 0.303 e. The molecule has 1 atom stereocenters. The molecule has 2 rings (SSSR count). The summed E-state index contributed by atoms with van der Waals surface area (Å²) in [5.41, 5.74) is 1.53. The largest absolute Gasteiger partial charge is 0.481 e. The van der Waals surface area contributed by atoms with E-state index in [-0.39, 0.29) is 18.2 Å². The number of carboxylic acids is 1. The lowest BCUT2D eigenvalue weighted by atomic mass is 9.93. The third kappa shape index (κ3) is 3.83. The molecular weight excluding hydrogens is 270 g/mol. The Labute approximate surface area is 124 Å². The number of likely N-dealkylation sites (tertiary alicyclic amines) is 1. The Morgan fingerprint density at radius 2 is 2.24 bits per heavy atom. The van der Waals surface area contributed by atoms with Gasteiger partial charge in [-0.15, -0.1) is 0 Å². The molecule has 1 aliphatic rings. The van der Waals surface area contributed by atoms with Crippen molar-refractivity contribution < 1.29 is 14.7 Å². The molecule has 1 aliphatic heterocycles. The highest BCUT2D eigenvalue weighted by molar-refractivity contribution is 5.92. The highest BCUT2D eigenvalue weighted by Crippen LogP contribution is 2.22. The summed E-state index contributed by atoms with van der Waals surface area (Å²) in [5.74, 6) is -0.472. The van der Waals surface area contributed by atoms with E-state index in [1.165, 1.54) is 0 Å². The van der Waals surface area contributed by atoms with Crippen LogP contribution in [0.15, 0.2) is 6.07 Å². The molecule has 0 aliphatic carbocycles. The molecule has 6 heteroatoms. The van der Waals surface area contributed by atoms with Crippen molar-refractivity contribution in [2.75, 3.05) is 13.1 Å². The lowest BCUT2D eigenvalue weighted by Crippen LogP contribution is -2.40. The fraction of sp³-hybridized carbons (Fsp3) is 0.667. The van der Waals surface area contributed by atoms with Crippen LogP contribution >= 0.6 is 0 Å². The van der Waals surface area contributed by atoms with Crippen LogP contribution in [0.1, 0.15) is 48.8 Å². The number of rotatable bonds is 5. The summed E-state index contributed by atoms with van der Waals surface area (Å²) in [4.78, 5) is 25.1. The van der Waals surface area contributed by atoms with Crippen LogP contribution in [0, 0.1) is 5.92 Å². The molecule has 1 aromatic rings. The van der Waals surface area contributed by atoms with E-state index in [0.29, 0.717) is 18.7 Å². The molecule has 1 aromatic heterocycles. The topological polar surface area (TPSA) is 75.4 Å². The molecule has 1 unspecified atom stereocenters. The van der Waals surface area contributed by atoms with E-state index in [9.17, 15) is 9.59 Å². The molecule has 0 aromatic carbocycles. The van der Waals surface area contributed by atoms with Crippen LogP contribution in [0.3, 0.4) is 0 Å². The van der Waals surface area contributed by atoms with Gasteiger partial charge < -0.3 is 10.0 Å². The number of aliphatic carboxylic acids is 1. The number of amides is 1. The molecule has 2 heterocycles. The molecule has 1 fully saturated rings. The zero-order valence-corrected chi connectivity index (χ0v) is 12.7. The molecule has 1 N–H and O–H groups in total. The zero-order chi connectivity index (χ0) is 15.4. The van der Waals surface area contributed by atoms with E-state index in [4.69, 9.17) is 5.11 Å². The van der Waals surface area contributed by atoms with E-state index in [1.54, 1.807) is 11.7 Å². The van der Waals surface area contributed by atoms with E-state index in [2.05, 4.69) is 5.10 Å². The second-order valence-corrected chi connectivity index (χ2v) is 5.69. The highest BCUT2D eigenvalue weighted by atomic mass is 16.4. The number of carboxylic acid groups (broad SMARTS) is 1. The van der Waals surface area contributed by atoms with Gasteiger partial charge in [-0.05, 0) is 37.7 Å². The SMILES string of the molecule is CCc1cc(C(=O)N2CCCC(CCC(=O)O)C2)n(C)n1. The molecular formula is C15H23N3O3. The Kier molecular flexibility index (Phi) is 4.98. The quantitative estimate of drug-likeness (QED) is 0.896. The van der Waals surface area contributed by atoms with Crippen molar-refractivity contribution in [3.8, 4) is 0 Å². The van der Waals surface area contributed by atoms with Gasteiger partial charge in [0.25, 0.3) is 5.91 Å². The maximum absolute atomic E-state index is 12.6. The van der Waals surface area contributed by atoms with Crippen LogP contribution in [0.4, 0.5) is 0 Å². The van der Waals surface area contributed by atoms with Gasteiger partial charge in [0, 0.05) is 26.6 Å². The minimum Gasteiger partial charge on any atom is -0.481 e. The van der Waals surface area contributed by atoms with Crippen LogP contribution in [-0.4, -0.2) is 44.8 Å². The molecule has 0 radical (unpaired) electrons. The summed E-state index contributed by atoms with van der Waals surface area (Å²) < 4.78 is 1.64. The van der Waals surface area contributed by atoms with Crippen LogP contribution in [-0.2, 0) is 18.3 Å². The Morgan fingerprint density at radius 3 is 2.86 bits per heavy atom. The van der Waals surface area contributed by atoms with Gasteiger partial charge in [-0.3, -0.25) is 14.3 Å². The molecule has 0 saturated carbocycles. The first kappa shape index (κ1) is 15.5. The van der Waals surface area contributed by atoms with Crippen molar-refractivity contribution in [1.29, 1.82) is 0 Å². The summed E-state index contributed by atoms with van der Waals surface area (Å²) in [6.07, 6.45) is 3.57. The molecule has 21 heavy (non-hydrogen) atoms.